The summed E-state index contributed by atoms with van der Waals surface area (Å²) in [6.45, 7) is 1.92. The number of non-ortho nitro benzene ring substituents is 1. The van der Waals surface area contributed by atoms with Gasteiger partial charge in [-0.2, -0.15) is 0 Å². The van der Waals surface area contributed by atoms with E-state index in [0.717, 1.165) is 5.56 Å². The molecule has 2 aromatic rings. The number of nitro groups is 1. The lowest BCUT2D eigenvalue weighted by atomic mass is 10.00. The van der Waals surface area contributed by atoms with Gasteiger partial charge in [-0.05, 0) is 13.0 Å². The number of benzene rings is 2. The van der Waals surface area contributed by atoms with Crippen molar-refractivity contribution in [3.8, 4) is 0 Å². The molecule has 0 saturated carbocycles. The Morgan fingerprint density at radius 1 is 1.25 bits per heavy atom. The molecule has 0 saturated heterocycles. The third kappa shape index (κ3) is 4.02. The Morgan fingerprint density at radius 2 is 1.92 bits per heavy atom. The van der Waals surface area contributed by atoms with Crippen molar-refractivity contribution < 1.29 is 14.8 Å². The van der Waals surface area contributed by atoms with Crippen molar-refractivity contribution in [3.63, 3.8) is 0 Å². The first-order valence-corrected chi connectivity index (χ1v) is 7.36. The number of aliphatic imine (C=N–C) groups is 1. The maximum atomic E-state index is 11.7. The van der Waals surface area contributed by atoms with E-state index in [4.69, 9.17) is 5.11 Å². The number of benzodiazepines with no additional fused rings is 1. The Hall–Kier alpha value is -3.06. The van der Waals surface area contributed by atoms with Gasteiger partial charge in [0.1, 0.15) is 6.54 Å². The summed E-state index contributed by atoms with van der Waals surface area (Å²) in [4.78, 5) is 26.5. The van der Waals surface area contributed by atoms with Crippen LogP contribution in [0.3, 0.4) is 0 Å². The van der Waals surface area contributed by atoms with Crippen LogP contribution in [0.5, 0.6) is 0 Å². The third-order valence-electron chi connectivity index (χ3n) is 3.17. The van der Waals surface area contributed by atoms with Gasteiger partial charge in [-0.3, -0.25) is 19.9 Å². The number of fused-ring (bicyclic) bond motifs is 1. The summed E-state index contributed by atoms with van der Waals surface area (Å²) in [6, 6.07) is 13.6. The molecule has 0 unspecified atom stereocenters. The van der Waals surface area contributed by atoms with Gasteiger partial charge in [-0.1, -0.05) is 30.3 Å². The van der Waals surface area contributed by atoms with E-state index in [0.29, 0.717) is 17.0 Å². The van der Waals surface area contributed by atoms with E-state index >= 15 is 0 Å². The third-order valence-corrected chi connectivity index (χ3v) is 3.17. The number of rotatable bonds is 2. The number of carbonyl (C=O) groups excluding carboxylic acids is 1. The van der Waals surface area contributed by atoms with Gasteiger partial charge in [0.25, 0.3) is 5.69 Å². The number of nitro benzene ring substituents is 1. The number of hydrogen-bond acceptors (Lipinski definition) is 5. The van der Waals surface area contributed by atoms with E-state index in [9.17, 15) is 14.9 Å². The zero-order chi connectivity index (χ0) is 17.5. The quantitative estimate of drug-likeness (QED) is 0.652. The molecule has 7 nitrogen and oxygen atoms in total. The number of carbonyl (C=O) groups is 1. The lowest BCUT2D eigenvalue weighted by molar-refractivity contribution is -0.384. The fourth-order valence-corrected chi connectivity index (χ4v) is 2.22. The smallest absolute Gasteiger partial charge is 0.270 e. The van der Waals surface area contributed by atoms with Crippen LogP contribution in [-0.4, -0.2) is 34.8 Å². The molecule has 0 aliphatic carbocycles. The van der Waals surface area contributed by atoms with Gasteiger partial charge in [0.2, 0.25) is 5.91 Å². The average molecular weight is 327 g/mol. The molecule has 3 rings (SSSR count). The summed E-state index contributed by atoms with van der Waals surface area (Å²) < 4.78 is 0. The second kappa shape index (κ2) is 7.98. The fourth-order valence-electron chi connectivity index (χ4n) is 2.22. The van der Waals surface area contributed by atoms with Crippen molar-refractivity contribution in [1.82, 2.24) is 0 Å². The highest BCUT2D eigenvalue weighted by molar-refractivity contribution is 6.19. The van der Waals surface area contributed by atoms with Gasteiger partial charge in [-0.15, -0.1) is 0 Å². The summed E-state index contributed by atoms with van der Waals surface area (Å²) in [5.41, 5.74) is 2.45. The molecular weight excluding hydrogens is 310 g/mol. The van der Waals surface area contributed by atoms with Gasteiger partial charge in [0.15, 0.2) is 0 Å². The van der Waals surface area contributed by atoms with Crippen LogP contribution in [0.2, 0.25) is 0 Å². The minimum atomic E-state index is -0.463. The number of hydrogen-bond donors (Lipinski definition) is 2. The molecule has 2 aromatic carbocycles. The van der Waals surface area contributed by atoms with Gasteiger partial charge >= 0.3 is 0 Å². The minimum absolute atomic E-state index is 0.00724. The van der Waals surface area contributed by atoms with Gasteiger partial charge in [0.05, 0.1) is 16.3 Å². The van der Waals surface area contributed by atoms with Crippen molar-refractivity contribution in [3.05, 3.63) is 69.8 Å². The zero-order valence-electron chi connectivity index (χ0n) is 13.1. The molecule has 0 atom stereocenters. The molecule has 0 fully saturated rings. The van der Waals surface area contributed by atoms with Crippen LogP contribution in [0, 0.1) is 10.1 Å². The molecule has 1 heterocycles. The Balaban J connectivity index is 0.000000647. The standard InChI is InChI=1S/C15H11N3O3.C2H6O/c19-14-9-16-15(10-4-2-1-3-5-10)12-8-11(18(20)21)6-7-13(12)17-14;1-2-3/h1-8H,9H2,(H,17,19);3H,2H2,1H3. The van der Waals surface area contributed by atoms with Crippen molar-refractivity contribution >= 4 is 23.0 Å². The highest BCUT2D eigenvalue weighted by Gasteiger charge is 2.20. The Kier molecular flexibility index (Phi) is 5.75. The number of nitrogens with one attached hydrogen (secondary N) is 1. The molecule has 0 bridgehead atoms. The lowest BCUT2D eigenvalue weighted by Gasteiger charge is -2.09. The number of anilines is 1. The van der Waals surface area contributed by atoms with Crippen LogP contribution in [0.15, 0.2) is 53.5 Å². The summed E-state index contributed by atoms with van der Waals surface area (Å²) in [5.74, 6) is -0.240. The SMILES string of the molecule is CCO.O=C1CN=C(c2ccccc2)c2cc([N+](=O)[O-])ccc2N1. The normalized spacial score (nSPS) is 12.8. The highest BCUT2D eigenvalue weighted by atomic mass is 16.6. The van der Waals surface area contributed by atoms with Gasteiger partial charge in [-0.25, -0.2) is 0 Å². The van der Waals surface area contributed by atoms with Crippen LogP contribution in [-0.2, 0) is 4.79 Å². The molecular formula is C17H17N3O4. The van der Waals surface area contributed by atoms with Crippen LogP contribution < -0.4 is 5.32 Å². The predicted molar refractivity (Wildman–Crippen MR) is 91.4 cm³/mol. The maximum absolute atomic E-state index is 11.7. The van der Waals surface area contributed by atoms with E-state index in [2.05, 4.69) is 10.3 Å². The van der Waals surface area contributed by atoms with E-state index < -0.39 is 4.92 Å². The first kappa shape index (κ1) is 17.3. The molecule has 1 aliphatic heterocycles. The predicted octanol–water partition coefficient (Wildman–Crippen LogP) is 2.38. The Labute approximate surface area is 138 Å². The second-order valence-electron chi connectivity index (χ2n) is 4.88. The highest BCUT2D eigenvalue weighted by Crippen LogP contribution is 2.26. The largest absolute Gasteiger partial charge is 0.397 e. The Bertz CT molecular complexity index is 773. The van der Waals surface area contributed by atoms with E-state index in [1.807, 2.05) is 30.3 Å². The molecule has 1 amide bonds. The summed E-state index contributed by atoms with van der Waals surface area (Å²) in [6.07, 6.45) is 0. The molecule has 24 heavy (non-hydrogen) atoms. The van der Waals surface area contributed by atoms with Crippen molar-refractivity contribution in [2.45, 2.75) is 6.92 Å². The molecule has 0 aromatic heterocycles. The number of aliphatic hydroxyl groups excluding tert-OH is 1. The molecule has 7 heteroatoms. The summed E-state index contributed by atoms with van der Waals surface area (Å²) in [5, 5.41) is 21.2. The minimum Gasteiger partial charge on any atom is -0.397 e. The number of aliphatic hydroxyl groups is 1. The molecule has 124 valence electrons. The number of amides is 1. The van der Waals surface area contributed by atoms with Gasteiger partial charge in [0, 0.05) is 29.9 Å². The van der Waals surface area contributed by atoms with E-state index in [1.165, 1.54) is 18.2 Å². The summed E-state index contributed by atoms with van der Waals surface area (Å²) in [7, 11) is 0. The van der Waals surface area contributed by atoms with Crippen molar-refractivity contribution in [2.75, 3.05) is 18.5 Å². The molecule has 0 spiro atoms. The van der Waals surface area contributed by atoms with E-state index in [-0.39, 0.29) is 24.7 Å². The van der Waals surface area contributed by atoms with E-state index in [1.54, 1.807) is 6.92 Å². The zero-order valence-corrected chi connectivity index (χ0v) is 13.1. The second-order valence-corrected chi connectivity index (χ2v) is 4.88. The lowest BCUT2D eigenvalue weighted by Crippen LogP contribution is -2.13. The van der Waals surface area contributed by atoms with Crippen molar-refractivity contribution in [2.24, 2.45) is 4.99 Å². The first-order chi connectivity index (χ1) is 11.6. The van der Waals surface area contributed by atoms with Crippen LogP contribution in [0.1, 0.15) is 18.1 Å². The molecule has 0 radical (unpaired) electrons. The monoisotopic (exact) mass is 327 g/mol. The Morgan fingerprint density at radius 3 is 2.54 bits per heavy atom. The fraction of sp³-hybridized carbons (Fsp3) is 0.176. The average Bonchev–Trinajstić information content (AvgIpc) is 2.74. The van der Waals surface area contributed by atoms with Crippen LogP contribution in [0.25, 0.3) is 0 Å². The summed E-state index contributed by atoms with van der Waals surface area (Å²) >= 11 is 0. The van der Waals surface area contributed by atoms with Crippen molar-refractivity contribution in [1.29, 1.82) is 0 Å². The van der Waals surface area contributed by atoms with Crippen LogP contribution >= 0.6 is 0 Å². The van der Waals surface area contributed by atoms with Gasteiger partial charge < -0.3 is 10.4 Å². The molecule has 1 aliphatic rings. The maximum Gasteiger partial charge on any atom is 0.270 e. The topological polar surface area (TPSA) is 105 Å². The number of nitrogens with zero attached hydrogens (tertiary/aromatic N) is 2. The molecule has 2 N–H and O–H groups in total. The van der Waals surface area contributed by atoms with Crippen LogP contribution in [0.4, 0.5) is 11.4 Å². The first-order valence-electron chi connectivity index (χ1n) is 7.36.